The zero-order valence-electron chi connectivity index (χ0n) is 11.4. The number of allylic oxidation sites excluding steroid dienone is 1. The third-order valence-corrected chi connectivity index (χ3v) is 2.65. The third kappa shape index (κ3) is 3.34. The van der Waals surface area contributed by atoms with Crippen LogP contribution < -0.4 is 16.2 Å². The number of carbonyl (C=O) groups excluding carboxylic acids is 1. The van der Waals surface area contributed by atoms with E-state index in [9.17, 15) is 4.79 Å². The number of hydrogen-bond acceptors (Lipinski definition) is 3. The van der Waals surface area contributed by atoms with Gasteiger partial charge in [-0.2, -0.15) is 0 Å². The van der Waals surface area contributed by atoms with E-state index in [1.54, 1.807) is 12.1 Å². The summed E-state index contributed by atoms with van der Waals surface area (Å²) in [5.41, 5.74) is 2.57. The summed E-state index contributed by atoms with van der Waals surface area (Å²) < 4.78 is 0. The summed E-state index contributed by atoms with van der Waals surface area (Å²) in [4.78, 5) is 11.8. The topological polar surface area (TPSA) is 58.4 Å². The molecule has 1 amide bonds. The van der Waals surface area contributed by atoms with E-state index in [1.807, 2.05) is 51.1 Å². The zero-order valence-corrected chi connectivity index (χ0v) is 11.4. The first-order valence-corrected chi connectivity index (χ1v) is 6.02. The number of nitrogens with zero attached hydrogens (tertiary/aromatic N) is 1. The fraction of sp³-hybridized carbons (Fsp3) is 0.357. The molecule has 0 aliphatic carbocycles. The van der Waals surface area contributed by atoms with Gasteiger partial charge in [-0.1, -0.05) is 38.1 Å². The normalized spacial score (nSPS) is 11.6. The van der Waals surface area contributed by atoms with Crippen molar-refractivity contribution in [1.29, 1.82) is 0 Å². The van der Waals surface area contributed by atoms with Gasteiger partial charge in [-0.25, -0.2) is 5.84 Å². The molecular weight excluding hydrogens is 226 g/mol. The van der Waals surface area contributed by atoms with E-state index in [-0.39, 0.29) is 11.8 Å². The van der Waals surface area contributed by atoms with Crippen LogP contribution in [0.25, 0.3) is 5.70 Å². The highest BCUT2D eigenvalue weighted by molar-refractivity contribution is 5.90. The van der Waals surface area contributed by atoms with Crippen LogP contribution in [0.5, 0.6) is 0 Å². The van der Waals surface area contributed by atoms with Gasteiger partial charge in [-0.3, -0.25) is 4.79 Å². The molecule has 0 atom stereocenters. The first-order valence-electron chi connectivity index (χ1n) is 6.02. The highest BCUT2D eigenvalue weighted by Crippen LogP contribution is 2.23. The minimum Gasteiger partial charge on any atom is -0.326 e. The van der Waals surface area contributed by atoms with Crippen molar-refractivity contribution in [3.8, 4) is 0 Å². The SMILES string of the molecule is C/C=C(/NC(=O)C(C)C)c1ccccc1N(C)N. The Morgan fingerprint density at radius 1 is 1.39 bits per heavy atom. The predicted octanol–water partition coefficient (Wildman–Crippen LogP) is 2.13. The zero-order chi connectivity index (χ0) is 13.7. The van der Waals surface area contributed by atoms with E-state index in [2.05, 4.69) is 5.32 Å². The predicted molar refractivity (Wildman–Crippen MR) is 75.7 cm³/mol. The monoisotopic (exact) mass is 247 g/mol. The molecule has 18 heavy (non-hydrogen) atoms. The van der Waals surface area contributed by atoms with Gasteiger partial charge in [-0.15, -0.1) is 0 Å². The average Bonchev–Trinajstić information content (AvgIpc) is 2.35. The smallest absolute Gasteiger partial charge is 0.226 e. The molecule has 0 spiro atoms. The molecule has 0 saturated heterocycles. The molecule has 0 radical (unpaired) electrons. The first-order chi connectivity index (χ1) is 8.47. The van der Waals surface area contributed by atoms with Gasteiger partial charge in [0.15, 0.2) is 0 Å². The van der Waals surface area contributed by atoms with Crippen molar-refractivity contribution >= 4 is 17.3 Å². The second-order valence-corrected chi connectivity index (χ2v) is 4.47. The van der Waals surface area contributed by atoms with Crippen LogP contribution in [0.15, 0.2) is 30.3 Å². The first kappa shape index (κ1) is 14.3. The molecule has 0 heterocycles. The van der Waals surface area contributed by atoms with Crippen LogP contribution in [0.1, 0.15) is 26.3 Å². The number of hydrazine groups is 1. The fourth-order valence-electron chi connectivity index (χ4n) is 1.58. The molecular formula is C14H21N3O. The Labute approximate surface area is 108 Å². The lowest BCUT2D eigenvalue weighted by Crippen LogP contribution is -2.29. The maximum atomic E-state index is 11.8. The van der Waals surface area contributed by atoms with Crippen LogP contribution in [0, 0.1) is 5.92 Å². The number of para-hydroxylation sites is 1. The van der Waals surface area contributed by atoms with Gasteiger partial charge in [-0.05, 0) is 13.0 Å². The van der Waals surface area contributed by atoms with Crippen LogP contribution in [0.2, 0.25) is 0 Å². The van der Waals surface area contributed by atoms with Gasteiger partial charge in [0.2, 0.25) is 5.91 Å². The highest BCUT2D eigenvalue weighted by atomic mass is 16.1. The van der Waals surface area contributed by atoms with Gasteiger partial charge in [0.25, 0.3) is 0 Å². The summed E-state index contributed by atoms with van der Waals surface area (Å²) in [5, 5.41) is 4.46. The van der Waals surface area contributed by atoms with Crippen LogP contribution >= 0.6 is 0 Å². The number of anilines is 1. The summed E-state index contributed by atoms with van der Waals surface area (Å²) in [7, 11) is 1.77. The number of nitrogens with two attached hydrogens (primary N) is 1. The van der Waals surface area contributed by atoms with Crippen LogP contribution in [-0.4, -0.2) is 13.0 Å². The van der Waals surface area contributed by atoms with Gasteiger partial charge >= 0.3 is 0 Å². The van der Waals surface area contributed by atoms with Gasteiger partial charge in [0.05, 0.1) is 5.69 Å². The van der Waals surface area contributed by atoms with Crippen molar-refractivity contribution in [2.75, 3.05) is 12.1 Å². The molecule has 0 unspecified atom stereocenters. The molecule has 1 aromatic rings. The Kier molecular flexibility index (Phi) is 4.92. The Morgan fingerprint density at radius 3 is 2.50 bits per heavy atom. The molecule has 0 aromatic heterocycles. The molecule has 0 saturated carbocycles. The van der Waals surface area contributed by atoms with Crippen molar-refractivity contribution in [2.45, 2.75) is 20.8 Å². The van der Waals surface area contributed by atoms with Crippen molar-refractivity contribution in [1.82, 2.24) is 5.32 Å². The highest BCUT2D eigenvalue weighted by Gasteiger charge is 2.13. The largest absolute Gasteiger partial charge is 0.326 e. The summed E-state index contributed by atoms with van der Waals surface area (Å²) in [5.74, 6) is 5.74. The lowest BCUT2D eigenvalue weighted by molar-refractivity contribution is -0.122. The van der Waals surface area contributed by atoms with E-state index in [4.69, 9.17) is 5.84 Å². The van der Waals surface area contributed by atoms with E-state index >= 15 is 0 Å². The number of rotatable bonds is 4. The quantitative estimate of drug-likeness (QED) is 0.633. The van der Waals surface area contributed by atoms with Crippen LogP contribution in [0.4, 0.5) is 5.69 Å². The Balaban J connectivity index is 3.07. The minimum atomic E-state index is -0.0530. The van der Waals surface area contributed by atoms with Gasteiger partial charge in [0.1, 0.15) is 0 Å². The lowest BCUT2D eigenvalue weighted by Gasteiger charge is -2.19. The number of amides is 1. The fourth-order valence-corrected chi connectivity index (χ4v) is 1.58. The lowest BCUT2D eigenvalue weighted by atomic mass is 10.1. The number of hydrogen-bond donors (Lipinski definition) is 2. The standard InChI is InChI=1S/C14H21N3O/c1-5-12(16-14(18)10(2)3)11-8-6-7-9-13(11)17(4)15/h5-10H,15H2,1-4H3,(H,16,18)/b12-5+. The molecule has 1 rings (SSSR count). The average molecular weight is 247 g/mol. The van der Waals surface area contributed by atoms with Crippen molar-refractivity contribution in [3.05, 3.63) is 35.9 Å². The molecule has 98 valence electrons. The van der Waals surface area contributed by atoms with Crippen LogP contribution in [0.3, 0.4) is 0 Å². The summed E-state index contributed by atoms with van der Waals surface area (Å²) in [6.45, 7) is 5.62. The Hall–Kier alpha value is -1.81. The maximum absolute atomic E-state index is 11.8. The molecule has 1 aromatic carbocycles. The number of carbonyl (C=O) groups is 1. The molecule has 0 aliphatic heterocycles. The van der Waals surface area contributed by atoms with E-state index < -0.39 is 0 Å². The van der Waals surface area contributed by atoms with E-state index in [1.165, 1.54) is 0 Å². The molecule has 4 heteroatoms. The molecule has 0 aliphatic rings. The molecule has 0 fully saturated rings. The number of nitrogens with one attached hydrogen (secondary N) is 1. The van der Waals surface area contributed by atoms with Crippen molar-refractivity contribution in [3.63, 3.8) is 0 Å². The summed E-state index contributed by atoms with van der Waals surface area (Å²) in [6.07, 6.45) is 1.88. The summed E-state index contributed by atoms with van der Waals surface area (Å²) in [6, 6.07) is 7.70. The second kappa shape index (κ2) is 6.21. The number of benzene rings is 1. The Bertz CT molecular complexity index is 450. The molecule has 3 N–H and O–H groups in total. The van der Waals surface area contributed by atoms with Gasteiger partial charge < -0.3 is 10.3 Å². The van der Waals surface area contributed by atoms with E-state index in [0.717, 1.165) is 16.9 Å². The maximum Gasteiger partial charge on any atom is 0.226 e. The third-order valence-electron chi connectivity index (χ3n) is 2.65. The van der Waals surface area contributed by atoms with Crippen LogP contribution in [-0.2, 0) is 4.79 Å². The second-order valence-electron chi connectivity index (χ2n) is 4.47. The minimum absolute atomic E-state index is 0.00224. The summed E-state index contributed by atoms with van der Waals surface area (Å²) >= 11 is 0. The Morgan fingerprint density at radius 2 is 2.00 bits per heavy atom. The molecule has 0 bridgehead atoms. The van der Waals surface area contributed by atoms with Gasteiger partial charge in [0, 0.05) is 24.2 Å². The van der Waals surface area contributed by atoms with Crippen molar-refractivity contribution in [2.24, 2.45) is 11.8 Å². The van der Waals surface area contributed by atoms with Crippen molar-refractivity contribution < 1.29 is 4.79 Å². The molecule has 4 nitrogen and oxygen atoms in total. The van der Waals surface area contributed by atoms with E-state index in [0.29, 0.717) is 0 Å².